The first-order valence-electron chi connectivity index (χ1n) is 12.7. The number of ether oxygens (including phenoxy) is 3. The number of amides is 1. The van der Waals surface area contributed by atoms with E-state index in [0.717, 1.165) is 42.8 Å². The van der Waals surface area contributed by atoms with Crippen LogP contribution < -0.4 is 9.47 Å². The van der Waals surface area contributed by atoms with Crippen LogP contribution in [0.4, 0.5) is 4.79 Å². The van der Waals surface area contributed by atoms with Crippen molar-refractivity contribution in [3.63, 3.8) is 0 Å². The number of carbonyl (C=O) groups excluding carboxylic acids is 1. The highest BCUT2D eigenvalue weighted by Gasteiger charge is 2.45. The number of nitrogens with zero attached hydrogens (tertiary/aromatic N) is 4. The number of carbonyl (C=O) groups is 1. The highest BCUT2D eigenvalue weighted by atomic mass is 16.6. The van der Waals surface area contributed by atoms with Gasteiger partial charge in [0.1, 0.15) is 18.8 Å². The van der Waals surface area contributed by atoms with Crippen LogP contribution in [-0.2, 0) is 24.3 Å². The van der Waals surface area contributed by atoms with Gasteiger partial charge in [-0.25, -0.2) is 4.79 Å². The van der Waals surface area contributed by atoms with Gasteiger partial charge in [-0.2, -0.15) is 9.97 Å². The van der Waals surface area contributed by atoms with Crippen molar-refractivity contribution in [1.29, 1.82) is 0 Å². The number of aromatic nitrogens is 2. The molecule has 5 rings (SSSR count). The second-order valence-electron chi connectivity index (χ2n) is 10.9. The van der Waals surface area contributed by atoms with Gasteiger partial charge in [0.15, 0.2) is 0 Å². The molecule has 0 atom stereocenters. The SMILES string of the molecule is CC(C)(C)OC(=O)N1CCc2c(nc(OCC34CCCN3CCC4)nc2OCc2ccccc2)C1. The smallest absolute Gasteiger partial charge is 0.410 e. The van der Waals surface area contributed by atoms with Gasteiger partial charge in [-0.3, -0.25) is 4.90 Å². The van der Waals surface area contributed by atoms with Crippen molar-refractivity contribution in [3.05, 3.63) is 47.2 Å². The highest BCUT2D eigenvalue weighted by molar-refractivity contribution is 5.68. The Morgan fingerprint density at radius 2 is 1.77 bits per heavy atom. The second kappa shape index (κ2) is 9.64. The van der Waals surface area contributed by atoms with E-state index in [1.165, 1.54) is 12.8 Å². The van der Waals surface area contributed by atoms with Crippen molar-refractivity contribution in [2.24, 2.45) is 0 Å². The Kier molecular flexibility index (Phi) is 6.57. The number of rotatable bonds is 6. The molecule has 8 heteroatoms. The normalized spacial score (nSPS) is 19.2. The summed E-state index contributed by atoms with van der Waals surface area (Å²) in [5, 5.41) is 0. The fraction of sp³-hybridized carbons (Fsp3) is 0.593. The zero-order valence-corrected chi connectivity index (χ0v) is 21.1. The molecule has 0 N–H and O–H groups in total. The first kappa shape index (κ1) is 23.9. The first-order valence-corrected chi connectivity index (χ1v) is 12.7. The van der Waals surface area contributed by atoms with Crippen molar-refractivity contribution >= 4 is 6.09 Å². The average Bonchev–Trinajstić information content (AvgIpc) is 3.41. The van der Waals surface area contributed by atoms with Gasteiger partial charge >= 0.3 is 12.1 Å². The van der Waals surface area contributed by atoms with Crippen LogP contribution in [0.1, 0.15) is 63.3 Å². The summed E-state index contributed by atoms with van der Waals surface area (Å²) in [7, 11) is 0. The molecule has 188 valence electrons. The molecule has 8 nitrogen and oxygen atoms in total. The number of fused-ring (bicyclic) bond motifs is 2. The average molecular weight is 481 g/mol. The fourth-order valence-corrected chi connectivity index (χ4v) is 5.43. The Bertz CT molecular complexity index is 1040. The van der Waals surface area contributed by atoms with Crippen molar-refractivity contribution < 1.29 is 19.0 Å². The number of hydrogen-bond donors (Lipinski definition) is 0. The molecule has 2 saturated heterocycles. The Labute approximate surface area is 207 Å². The molecule has 0 saturated carbocycles. The van der Waals surface area contributed by atoms with E-state index in [0.29, 0.717) is 44.6 Å². The Hall–Kier alpha value is -2.87. The van der Waals surface area contributed by atoms with Crippen LogP contribution in [0, 0.1) is 0 Å². The molecule has 2 aromatic rings. The van der Waals surface area contributed by atoms with Gasteiger partial charge < -0.3 is 19.1 Å². The summed E-state index contributed by atoms with van der Waals surface area (Å²) in [5.74, 6) is 0.546. The summed E-state index contributed by atoms with van der Waals surface area (Å²) >= 11 is 0. The summed E-state index contributed by atoms with van der Waals surface area (Å²) in [4.78, 5) is 26.4. The number of benzene rings is 1. The quantitative estimate of drug-likeness (QED) is 0.608. The van der Waals surface area contributed by atoms with Crippen molar-refractivity contribution in [2.75, 3.05) is 26.2 Å². The van der Waals surface area contributed by atoms with Crippen LogP contribution in [0.5, 0.6) is 11.9 Å². The molecule has 2 fully saturated rings. The third-order valence-corrected chi connectivity index (χ3v) is 7.16. The molecule has 1 aromatic heterocycles. The standard InChI is InChI=1S/C27H36N4O4/c1-26(2,3)35-25(32)30-16-11-21-22(17-30)28-24(29-23(21)33-18-20-9-5-4-6-10-20)34-19-27-12-7-14-31(27)15-8-13-27/h4-6,9-10H,7-8,11-19H2,1-3H3. The van der Waals surface area contributed by atoms with E-state index in [1.54, 1.807) is 4.90 Å². The molecule has 4 heterocycles. The van der Waals surface area contributed by atoms with E-state index in [-0.39, 0.29) is 11.6 Å². The minimum absolute atomic E-state index is 0.104. The third kappa shape index (κ3) is 5.37. The minimum atomic E-state index is -0.547. The Morgan fingerprint density at radius 3 is 2.49 bits per heavy atom. The molecule has 3 aliphatic rings. The van der Waals surface area contributed by atoms with Gasteiger partial charge in [0.25, 0.3) is 0 Å². The molecule has 1 aromatic carbocycles. The van der Waals surface area contributed by atoms with E-state index in [9.17, 15) is 4.79 Å². The van der Waals surface area contributed by atoms with Gasteiger partial charge in [-0.1, -0.05) is 30.3 Å². The molecule has 0 spiro atoms. The summed E-state index contributed by atoms with van der Waals surface area (Å²) < 4.78 is 18.0. The van der Waals surface area contributed by atoms with Gasteiger partial charge in [0.05, 0.1) is 17.8 Å². The maximum Gasteiger partial charge on any atom is 0.410 e. The van der Waals surface area contributed by atoms with Crippen molar-refractivity contribution in [1.82, 2.24) is 19.8 Å². The molecular weight excluding hydrogens is 444 g/mol. The molecular formula is C27H36N4O4. The summed E-state index contributed by atoms with van der Waals surface area (Å²) in [6, 6.07) is 10.4. The van der Waals surface area contributed by atoms with Gasteiger partial charge in [-0.15, -0.1) is 0 Å². The van der Waals surface area contributed by atoms with E-state index in [2.05, 4.69) is 4.90 Å². The molecule has 0 bridgehead atoms. The van der Waals surface area contributed by atoms with Crippen molar-refractivity contribution in [2.45, 2.75) is 77.2 Å². The van der Waals surface area contributed by atoms with E-state index in [4.69, 9.17) is 24.2 Å². The highest BCUT2D eigenvalue weighted by Crippen LogP contribution is 2.39. The van der Waals surface area contributed by atoms with Crippen LogP contribution in [0.3, 0.4) is 0 Å². The van der Waals surface area contributed by atoms with Gasteiger partial charge in [0, 0.05) is 12.1 Å². The summed E-state index contributed by atoms with van der Waals surface area (Å²) in [5.41, 5.74) is 2.33. The third-order valence-electron chi connectivity index (χ3n) is 7.16. The van der Waals surface area contributed by atoms with Crippen LogP contribution >= 0.6 is 0 Å². The lowest BCUT2D eigenvalue weighted by Crippen LogP contribution is -2.43. The predicted octanol–water partition coefficient (Wildman–Crippen LogP) is 4.36. The molecule has 0 radical (unpaired) electrons. The Balaban J connectivity index is 1.37. The Morgan fingerprint density at radius 1 is 1.03 bits per heavy atom. The van der Waals surface area contributed by atoms with E-state index < -0.39 is 5.60 Å². The lowest BCUT2D eigenvalue weighted by atomic mass is 9.95. The fourth-order valence-electron chi connectivity index (χ4n) is 5.43. The molecule has 0 aliphatic carbocycles. The predicted molar refractivity (Wildman–Crippen MR) is 131 cm³/mol. The largest absolute Gasteiger partial charge is 0.472 e. The molecule has 1 amide bonds. The topological polar surface area (TPSA) is 77.0 Å². The van der Waals surface area contributed by atoms with Gasteiger partial charge in [-0.05, 0) is 71.5 Å². The van der Waals surface area contributed by atoms with E-state index in [1.807, 2.05) is 51.1 Å². The molecule has 0 unspecified atom stereocenters. The molecule has 3 aliphatic heterocycles. The van der Waals surface area contributed by atoms with Crippen LogP contribution in [0.25, 0.3) is 0 Å². The lowest BCUT2D eigenvalue weighted by molar-refractivity contribution is 0.0218. The maximum absolute atomic E-state index is 12.7. The van der Waals surface area contributed by atoms with E-state index >= 15 is 0 Å². The summed E-state index contributed by atoms with van der Waals surface area (Å²) in [6.45, 7) is 9.79. The molecule has 35 heavy (non-hydrogen) atoms. The minimum Gasteiger partial charge on any atom is -0.472 e. The lowest BCUT2D eigenvalue weighted by Gasteiger charge is -2.32. The zero-order chi connectivity index (χ0) is 24.5. The monoisotopic (exact) mass is 480 g/mol. The van der Waals surface area contributed by atoms with Gasteiger partial charge in [0.2, 0.25) is 5.88 Å². The van der Waals surface area contributed by atoms with Crippen LogP contribution in [-0.4, -0.2) is 63.2 Å². The van der Waals surface area contributed by atoms with Crippen LogP contribution in [0.2, 0.25) is 0 Å². The zero-order valence-electron chi connectivity index (χ0n) is 21.1. The first-order chi connectivity index (χ1) is 16.8. The van der Waals surface area contributed by atoms with Crippen molar-refractivity contribution in [3.8, 4) is 11.9 Å². The van der Waals surface area contributed by atoms with Crippen LogP contribution in [0.15, 0.2) is 30.3 Å². The summed E-state index contributed by atoms with van der Waals surface area (Å²) in [6.07, 6.45) is 5.01. The second-order valence-corrected chi connectivity index (χ2v) is 10.9. The maximum atomic E-state index is 12.7. The number of hydrogen-bond acceptors (Lipinski definition) is 7.